The van der Waals surface area contributed by atoms with Gasteiger partial charge in [0.05, 0.1) is 38.8 Å². The highest BCUT2D eigenvalue weighted by Crippen LogP contribution is 2.15. The van der Waals surface area contributed by atoms with Crippen LogP contribution in [-0.4, -0.2) is 68.7 Å². The van der Waals surface area contributed by atoms with Gasteiger partial charge in [-0.25, -0.2) is 4.98 Å². The number of fused-ring (bicyclic) bond motifs is 1. The first-order valence-corrected chi connectivity index (χ1v) is 6.80. The maximum atomic E-state index is 9.59. The van der Waals surface area contributed by atoms with Gasteiger partial charge in [-0.1, -0.05) is 0 Å². The molecule has 2 aromatic rings. The quantitative estimate of drug-likeness (QED) is 0.540. The third kappa shape index (κ3) is 2.75. The lowest BCUT2D eigenvalue weighted by molar-refractivity contribution is 0.0817. The lowest BCUT2D eigenvalue weighted by Gasteiger charge is -2.25. The van der Waals surface area contributed by atoms with E-state index in [1.807, 2.05) is 0 Å². The fourth-order valence-electron chi connectivity index (χ4n) is 2.31. The van der Waals surface area contributed by atoms with Crippen molar-refractivity contribution in [2.45, 2.75) is 12.6 Å². The first-order chi connectivity index (χ1) is 10.2. The van der Waals surface area contributed by atoms with Crippen molar-refractivity contribution >= 4 is 17.1 Å². The third-order valence-corrected chi connectivity index (χ3v) is 3.44. The summed E-state index contributed by atoms with van der Waals surface area (Å²) in [5.41, 5.74) is 1.17. The Kier molecular flexibility index (Phi) is 3.86. The molecule has 3 heterocycles. The second-order valence-corrected chi connectivity index (χ2v) is 4.94. The summed E-state index contributed by atoms with van der Waals surface area (Å²) in [7, 11) is 0. The van der Waals surface area contributed by atoms with E-state index in [0.717, 1.165) is 13.1 Å². The molecular weight excluding hydrogens is 276 g/mol. The molecule has 1 atom stereocenters. The van der Waals surface area contributed by atoms with Crippen LogP contribution in [0.25, 0.3) is 11.2 Å². The second-order valence-electron chi connectivity index (χ2n) is 4.94. The number of H-pyrrole nitrogens is 1. The molecule has 0 amide bonds. The Labute approximate surface area is 120 Å². The molecule has 0 aromatic carbocycles. The van der Waals surface area contributed by atoms with Crippen molar-refractivity contribution < 1.29 is 14.9 Å². The van der Waals surface area contributed by atoms with E-state index in [9.17, 15) is 5.11 Å². The van der Waals surface area contributed by atoms with E-state index in [2.05, 4.69) is 19.9 Å². The fourth-order valence-corrected chi connectivity index (χ4v) is 2.31. The summed E-state index contributed by atoms with van der Waals surface area (Å²) in [5.74, 6) is 0.669. The van der Waals surface area contributed by atoms with Crippen LogP contribution in [0.1, 0.15) is 0 Å². The van der Waals surface area contributed by atoms with Crippen molar-refractivity contribution in [2.24, 2.45) is 0 Å². The topological polar surface area (TPSA) is 123 Å². The molecule has 3 rings (SSSR count). The highest BCUT2D eigenvalue weighted by molar-refractivity contribution is 5.72. The Morgan fingerprint density at radius 3 is 2.90 bits per heavy atom. The normalized spacial score (nSPS) is 17.3. The number of morpholine rings is 1. The smallest absolute Gasteiger partial charge is 0.205 e. The predicted octanol–water partition coefficient (Wildman–Crippen LogP) is -1.57. The number of hydrogen-bond donors (Lipinski definition) is 4. The van der Waals surface area contributed by atoms with Gasteiger partial charge in [0, 0.05) is 13.1 Å². The summed E-state index contributed by atoms with van der Waals surface area (Å²) in [5, 5.41) is 26.4. The van der Waals surface area contributed by atoms with Crippen molar-refractivity contribution in [3.8, 4) is 0 Å². The van der Waals surface area contributed by atoms with Gasteiger partial charge in [-0.2, -0.15) is 4.98 Å². The number of rotatable bonds is 4. The Hall–Kier alpha value is -1.97. The van der Waals surface area contributed by atoms with Crippen LogP contribution in [0.15, 0.2) is 6.33 Å². The largest absolute Gasteiger partial charge is 0.394 e. The van der Waals surface area contributed by atoms with Crippen LogP contribution in [0.4, 0.5) is 5.95 Å². The molecule has 1 saturated heterocycles. The van der Waals surface area contributed by atoms with Gasteiger partial charge in [0.2, 0.25) is 5.95 Å². The van der Waals surface area contributed by atoms with Crippen LogP contribution in [0.3, 0.4) is 0 Å². The molecule has 0 bridgehead atoms. The molecule has 0 radical (unpaired) electrons. The fraction of sp³-hybridized carbons (Fsp3) is 0.583. The van der Waals surface area contributed by atoms with E-state index in [0.29, 0.717) is 30.3 Å². The third-order valence-electron chi connectivity index (χ3n) is 3.44. The van der Waals surface area contributed by atoms with Crippen LogP contribution in [0.5, 0.6) is 0 Å². The summed E-state index contributed by atoms with van der Waals surface area (Å²) in [6.45, 7) is 2.60. The van der Waals surface area contributed by atoms with E-state index in [-0.39, 0.29) is 18.6 Å². The highest BCUT2D eigenvalue weighted by Gasteiger charge is 2.17. The minimum absolute atomic E-state index is 0.103. The van der Waals surface area contributed by atoms with E-state index in [4.69, 9.17) is 15.3 Å². The maximum absolute atomic E-state index is 9.59. The molecular formula is C12H18N6O3. The summed E-state index contributed by atoms with van der Waals surface area (Å²) in [6, 6.07) is 0. The predicted molar refractivity (Wildman–Crippen MR) is 73.9 cm³/mol. The number of imidazole rings is 1. The van der Waals surface area contributed by atoms with Gasteiger partial charge >= 0.3 is 0 Å². The molecule has 0 aliphatic carbocycles. The first kappa shape index (κ1) is 14.0. The average molecular weight is 294 g/mol. The van der Waals surface area contributed by atoms with Gasteiger partial charge in [0.1, 0.15) is 5.52 Å². The maximum Gasteiger partial charge on any atom is 0.205 e. The minimum atomic E-state index is -0.889. The Morgan fingerprint density at radius 1 is 1.43 bits per heavy atom. The van der Waals surface area contributed by atoms with Gasteiger partial charge in [-0.3, -0.25) is 5.41 Å². The molecule has 0 saturated carbocycles. The number of aliphatic hydroxyl groups is 2. The average Bonchev–Trinajstić information content (AvgIpc) is 2.97. The lowest BCUT2D eigenvalue weighted by atomic mass is 10.3. The minimum Gasteiger partial charge on any atom is -0.394 e. The Bertz CT molecular complexity index is 675. The van der Waals surface area contributed by atoms with Crippen LogP contribution >= 0.6 is 0 Å². The van der Waals surface area contributed by atoms with Crippen molar-refractivity contribution in [1.82, 2.24) is 19.5 Å². The number of nitrogens with zero attached hydrogens (tertiary/aromatic N) is 4. The van der Waals surface area contributed by atoms with E-state index >= 15 is 0 Å². The number of aliphatic hydroxyl groups excluding tert-OH is 2. The molecule has 0 spiro atoms. The zero-order valence-corrected chi connectivity index (χ0v) is 11.5. The summed E-state index contributed by atoms with van der Waals surface area (Å²) in [4.78, 5) is 13.6. The van der Waals surface area contributed by atoms with Gasteiger partial charge in [-0.05, 0) is 0 Å². The number of hydrogen-bond acceptors (Lipinski definition) is 7. The highest BCUT2D eigenvalue weighted by atomic mass is 16.5. The first-order valence-electron chi connectivity index (χ1n) is 6.80. The number of ether oxygens (including phenoxy) is 1. The molecule has 1 aliphatic rings. The number of anilines is 1. The van der Waals surface area contributed by atoms with Crippen LogP contribution in [-0.2, 0) is 11.3 Å². The summed E-state index contributed by atoms with van der Waals surface area (Å²) < 4.78 is 6.94. The molecule has 1 fully saturated rings. The van der Waals surface area contributed by atoms with Gasteiger partial charge in [-0.15, -0.1) is 0 Å². The van der Waals surface area contributed by atoms with E-state index in [1.165, 1.54) is 6.33 Å². The van der Waals surface area contributed by atoms with Gasteiger partial charge in [0.15, 0.2) is 11.1 Å². The molecule has 2 aromatic heterocycles. The summed E-state index contributed by atoms with van der Waals surface area (Å²) in [6.07, 6.45) is 0.563. The molecule has 1 aliphatic heterocycles. The standard InChI is InChI=1S/C12H18N6O3/c13-10-9-11(18(7-14-10)5-8(20)6-19)16-12(15-9)17-1-3-21-4-2-17/h7-8,13,19-20H,1-6H2,(H,15,16). The van der Waals surface area contributed by atoms with Crippen LogP contribution < -0.4 is 10.4 Å². The zero-order valence-electron chi connectivity index (χ0n) is 11.5. The Morgan fingerprint density at radius 2 is 2.19 bits per heavy atom. The van der Waals surface area contributed by atoms with Crippen molar-refractivity contribution in [2.75, 3.05) is 37.8 Å². The van der Waals surface area contributed by atoms with Crippen LogP contribution in [0.2, 0.25) is 0 Å². The lowest BCUT2D eigenvalue weighted by Crippen LogP contribution is -2.36. The van der Waals surface area contributed by atoms with Crippen LogP contribution in [0, 0.1) is 5.41 Å². The number of nitrogens with one attached hydrogen (secondary N) is 2. The van der Waals surface area contributed by atoms with Crippen molar-refractivity contribution in [3.63, 3.8) is 0 Å². The Balaban J connectivity index is 2.00. The zero-order chi connectivity index (χ0) is 14.8. The van der Waals surface area contributed by atoms with Gasteiger partial charge < -0.3 is 29.4 Å². The molecule has 114 valence electrons. The SMILES string of the molecule is N=c1ncn(CC(O)CO)c2nc(N3CCOCC3)[nH]c12. The van der Waals surface area contributed by atoms with Crippen molar-refractivity contribution in [1.29, 1.82) is 5.41 Å². The van der Waals surface area contributed by atoms with Crippen molar-refractivity contribution in [3.05, 3.63) is 11.8 Å². The summed E-state index contributed by atoms with van der Waals surface area (Å²) >= 11 is 0. The molecule has 9 heteroatoms. The molecule has 1 unspecified atom stereocenters. The van der Waals surface area contributed by atoms with E-state index < -0.39 is 6.10 Å². The number of aromatic amines is 1. The monoisotopic (exact) mass is 294 g/mol. The number of aromatic nitrogens is 4. The van der Waals surface area contributed by atoms with Gasteiger partial charge in [0.25, 0.3) is 0 Å². The molecule has 4 N–H and O–H groups in total. The second kappa shape index (κ2) is 5.80. The molecule has 9 nitrogen and oxygen atoms in total. The van der Waals surface area contributed by atoms with E-state index in [1.54, 1.807) is 4.57 Å². The molecule has 21 heavy (non-hydrogen) atoms.